The van der Waals surface area contributed by atoms with Crippen LogP contribution >= 0.6 is 0 Å². The van der Waals surface area contributed by atoms with Crippen molar-refractivity contribution in [1.29, 1.82) is 0 Å². The molecule has 0 aliphatic rings. The van der Waals surface area contributed by atoms with Gasteiger partial charge in [-0.3, -0.25) is 9.59 Å². The van der Waals surface area contributed by atoms with Crippen molar-refractivity contribution in [2.75, 3.05) is 13.7 Å². The molecule has 3 rings (SSSR count). The van der Waals surface area contributed by atoms with E-state index in [1.807, 2.05) is 0 Å². The molecule has 0 amide bonds. The van der Waals surface area contributed by atoms with Crippen molar-refractivity contribution in [3.8, 4) is 17.4 Å². The topological polar surface area (TPSA) is 86.2 Å². The second kappa shape index (κ2) is 6.54. The number of nitrogens with zero attached hydrogens (tertiary/aromatic N) is 2. The summed E-state index contributed by atoms with van der Waals surface area (Å²) in [6.45, 7) is -1.42. The maximum atomic E-state index is 12.7. The van der Waals surface area contributed by atoms with E-state index in [0.29, 0.717) is 5.69 Å². The predicted octanol–water partition coefficient (Wildman–Crippen LogP) is 2.02. The van der Waals surface area contributed by atoms with E-state index in [-0.39, 0.29) is 22.8 Å². The molecule has 10 heteroatoms. The van der Waals surface area contributed by atoms with Gasteiger partial charge in [-0.05, 0) is 30.3 Å². The number of rotatable bonds is 4. The summed E-state index contributed by atoms with van der Waals surface area (Å²) in [6, 6.07) is 7.82. The Morgan fingerprint density at radius 3 is 2.42 bits per heavy atom. The standard InChI is InChI=1S/C16H12F3N3O4/c1-25-15-21-13-11(6-7-12(23)20-13)14(24)22(15)9-2-4-10(5-3-9)26-8-16(17,18)19/h2-7H,8H2,1H3,(H,20,23). The van der Waals surface area contributed by atoms with Gasteiger partial charge in [0.1, 0.15) is 5.75 Å². The van der Waals surface area contributed by atoms with Gasteiger partial charge >= 0.3 is 12.2 Å². The molecule has 0 saturated heterocycles. The minimum absolute atomic E-state index is 0.00355. The molecular weight excluding hydrogens is 355 g/mol. The Labute approximate surface area is 143 Å². The molecule has 2 aromatic heterocycles. The minimum Gasteiger partial charge on any atom is -0.484 e. The zero-order valence-electron chi connectivity index (χ0n) is 13.3. The Kier molecular flexibility index (Phi) is 4.41. The van der Waals surface area contributed by atoms with Crippen LogP contribution < -0.4 is 20.6 Å². The van der Waals surface area contributed by atoms with Crippen LogP contribution in [0.5, 0.6) is 11.8 Å². The zero-order chi connectivity index (χ0) is 18.9. The second-order valence-electron chi connectivity index (χ2n) is 5.22. The van der Waals surface area contributed by atoms with Crippen LogP contribution in [0.15, 0.2) is 46.0 Å². The summed E-state index contributed by atoms with van der Waals surface area (Å²) in [5.74, 6) is -0.00355. The molecule has 0 unspecified atom stereocenters. The molecule has 26 heavy (non-hydrogen) atoms. The monoisotopic (exact) mass is 367 g/mol. The highest BCUT2D eigenvalue weighted by molar-refractivity contribution is 5.74. The predicted molar refractivity (Wildman–Crippen MR) is 86.1 cm³/mol. The van der Waals surface area contributed by atoms with Crippen LogP contribution in [0.3, 0.4) is 0 Å². The number of pyridine rings is 1. The number of H-pyrrole nitrogens is 1. The fourth-order valence-electron chi connectivity index (χ4n) is 2.30. The van der Waals surface area contributed by atoms with Crippen LogP contribution in [0.4, 0.5) is 13.2 Å². The highest BCUT2D eigenvalue weighted by Gasteiger charge is 2.28. The number of fused-ring (bicyclic) bond motifs is 1. The maximum absolute atomic E-state index is 12.7. The van der Waals surface area contributed by atoms with E-state index in [2.05, 4.69) is 14.7 Å². The summed E-state index contributed by atoms with van der Waals surface area (Å²) in [4.78, 5) is 30.6. The second-order valence-corrected chi connectivity index (χ2v) is 5.22. The third-order valence-corrected chi connectivity index (χ3v) is 3.41. The molecule has 0 spiro atoms. The van der Waals surface area contributed by atoms with Crippen molar-refractivity contribution in [3.63, 3.8) is 0 Å². The lowest BCUT2D eigenvalue weighted by molar-refractivity contribution is -0.153. The fraction of sp³-hybridized carbons (Fsp3) is 0.188. The van der Waals surface area contributed by atoms with Crippen molar-refractivity contribution in [2.45, 2.75) is 6.18 Å². The Balaban J connectivity index is 2.04. The maximum Gasteiger partial charge on any atom is 0.422 e. The van der Waals surface area contributed by atoms with Crippen molar-refractivity contribution >= 4 is 11.0 Å². The first-order chi connectivity index (χ1) is 12.3. The molecule has 1 N–H and O–H groups in total. The molecular formula is C16H12F3N3O4. The number of halogens is 3. The summed E-state index contributed by atoms with van der Waals surface area (Å²) in [5.41, 5.74) is -0.546. The average molecular weight is 367 g/mol. The van der Waals surface area contributed by atoms with Crippen molar-refractivity contribution < 1.29 is 22.6 Å². The fourth-order valence-corrected chi connectivity index (χ4v) is 2.30. The molecule has 0 fully saturated rings. The summed E-state index contributed by atoms with van der Waals surface area (Å²) in [5, 5.41) is 0.155. The lowest BCUT2D eigenvalue weighted by Gasteiger charge is -2.13. The summed E-state index contributed by atoms with van der Waals surface area (Å²) in [7, 11) is 1.30. The van der Waals surface area contributed by atoms with E-state index in [1.54, 1.807) is 0 Å². The van der Waals surface area contributed by atoms with Gasteiger partial charge in [0.05, 0.1) is 18.2 Å². The van der Waals surface area contributed by atoms with Crippen LogP contribution in [-0.2, 0) is 0 Å². The first-order valence-electron chi connectivity index (χ1n) is 7.28. The molecule has 2 heterocycles. The lowest BCUT2D eigenvalue weighted by atomic mass is 10.2. The Bertz CT molecular complexity index is 1060. The zero-order valence-corrected chi connectivity index (χ0v) is 13.3. The van der Waals surface area contributed by atoms with Gasteiger partial charge in [-0.2, -0.15) is 18.2 Å². The molecule has 0 aliphatic heterocycles. The van der Waals surface area contributed by atoms with E-state index in [0.717, 1.165) is 4.57 Å². The average Bonchev–Trinajstić information content (AvgIpc) is 2.59. The van der Waals surface area contributed by atoms with Gasteiger partial charge in [0.25, 0.3) is 5.56 Å². The van der Waals surface area contributed by atoms with Crippen LogP contribution in [0.1, 0.15) is 0 Å². The van der Waals surface area contributed by atoms with E-state index < -0.39 is 23.9 Å². The normalized spacial score (nSPS) is 11.5. The van der Waals surface area contributed by atoms with E-state index in [4.69, 9.17) is 4.74 Å². The number of nitrogens with one attached hydrogen (secondary N) is 1. The van der Waals surface area contributed by atoms with Crippen molar-refractivity contribution in [1.82, 2.24) is 14.5 Å². The largest absolute Gasteiger partial charge is 0.484 e. The number of aromatic amines is 1. The third kappa shape index (κ3) is 3.53. The van der Waals surface area contributed by atoms with Crippen molar-refractivity contribution in [2.24, 2.45) is 0 Å². The molecule has 7 nitrogen and oxygen atoms in total. The lowest BCUT2D eigenvalue weighted by Crippen LogP contribution is -2.23. The van der Waals surface area contributed by atoms with E-state index in [1.165, 1.54) is 43.5 Å². The molecule has 0 saturated carbocycles. The molecule has 0 atom stereocenters. The van der Waals surface area contributed by atoms with Crippen molar-refractivity contribution in [3.05, 3.63) is 57.1 Å². The summed E-state index contributed by atoms with van der Waals surface area (Å²) in [6.07, 6.45) is -4.45. The smallest absolute Gasteiger partial charge is 0.422 e. The molecule has 0 radical (unpaired) electrons. The molecule has 136 valence electrons. The highest BCUT2D eigenvalue weighted by atomic mass is 19.4. The number of hydrogen-bond donors (Lipinski definition) is 1. The van der Waals surface area contributed by atoms with Gasteiger partial charge < -0.3 is 14.5 Å². The summed E-state index contributed by atoms with van der Waals surface area (Å²) >= 11 is 0. The summed E-state index contributed by atoms with van der Waals surface area (Å²) < 4.78 is 47.4. The molecule has 1 aromatic carbocycles. The third-order valence-electron chi connectivity index (χ3n) is 3.41. The van der Waals surface area contributed by atoms with Crippen LogP contribution in [-0.4, -0.2) is 34.4 Å². The SMILES string of the molecule is COc1nc2[nH]c(=O)ccc2c(=O)n1-c1ccc(OCC(F)(F)F)cc1. The van der Waals surface area contributed by atoms with Gasteiger partial charge in [-0.25, -0.2) is 4.57 Å². The quantitative estimate of drug-likeness (QED) is 0.763. The van der Waals surface area contributed by atoms with E-state index in [9.17, 15) is 22.8 Å². The number of benzene rings is 1. The Hall–Kier alpha value is -3.30. The Morgan fingerprint density at radius 2 is 1.81 bits per heavy atom. The number of hydrogen-bond acceptors (Lipinski definition) is 5. The molecule has 3 aromatic rings. The molecule has 0 aliphatic carbocycles. The van der Waals surface area contributed by atoms with Crippen LogP contribution in [0.25, 0.3) is 16.7 Å². The van der Waals surface area contributed by atoms with Crippen LogP contribution in [0.2, 0.25) is 0 Å². The van der Waals surface area contributed by atoms with Crippen LogP contribution in [0, 0.1) is 0 Å². The Morgan fingerprint density at radius 1 is 1.12 bits per heavy atom. The first-order valence-corrected chi connectivity index (χ1v) is 7.28. The first kappa shape index (κ1) is 17.5. The number of methoxy groups -OCH3 is 1. The van der Waals surface area contributed by atoms with Gasteiger partial charge in [0.15, 0.2) is 12.3 Å². The minimum atomic E-state index is -4.45. The van der Waals surface area contributed by atoms with Gasteiger partial charge in [-0.1, -0.05) is 0 Å². The number of alkyl halides is 3. The number of ether oxygens (including phenoxy) is 2. The number of aromatic nitrogens is 3. The molecule has 0 bridgehead atoms. The van der Waals surface area contributed by atoms with E-state index >= 15 is 0 Å². The van der Waals surface area contributed by atoms with Gasteiger partial charge in [0, 0.05) is 6.07 Å². The van der Waals surface area contributed by atoms with Gasteiger partial charge in [-0.15, -0.1) is 0 Å². The van der Waals surface area contributed by atoms with Gasteiger partial charge in [0.2, 0.25) is 5.56 Å². The highest BCUT2D eigenvalue weighted by Crippen LogP contribution is 2.21.